The van der Waals surface area contributed by atoms with Crippen molar-refractivity contribution in [1.82, 2.24) is 4.90 Å². The minimum absolute atomic E-state index is 0.0461. The van der Waals surface area contributed by atoms with E-state index in [4.69, 9.17) is 11.5 Å². The first-order valence-electron chi connectivity index (χ1n) is 5.83. The maximum atomic E-state index is 12.0. The molecule has 0 aliphatic rings. The fourth-order valence-electron chi connectivity index (χ4n) is 1.61. The summed E-state index contributed by atoms with van der Waals surface area (Å²) < 4.78 is 0. The highest BCUT2D eigenvalue weighted by Gasteiger charge is 2.17. The third kappa shape index (κ3) is 5.19. The van der Waals surface area contributed by atoms with Crippen molar-refractivity contribution < 1.29 is 14.4 Å². The molecule has 0 saturated carbocycles. The Morgan fingerprint density at radius 3 is 2.11 bits per heavy atom. The first-order valence-corrected chi connectivity index (χ1v) is 6.65. The van der Waals surface area contributed by atoms with Crippen LogP contribution in [0.1, 0.15) is 21.5 Å². The number of rotatable bonds is 8. The number of Topliss-reactive ketones (excluding diaryl/α,β-unsaturated/α-hetero) is 1. The van der Waals surface area contributed by atoms with Gasteiger partial charge in [-0.2, -0.15) is 0 Å². The predicted octanol–water partition coefficient (Wildman–Crippen LogP) is -0.234. The zero-order valence-electron chi connectivity index (χ0n) is 10.7. The van der Waals surface area contributed by atoms with Crippen molar-refractivity contribution >= 4 is 28.9 Å². The van der Waals surface area contributed by atoms with Crippen molar-refractivity contribution in [1.29, 1.82) is 0 Å². The van der Waals surface area contributed by atoms with E-state index >= 15 is 0 Å². The summed E-state index contributed by atoms with van der Waals surface area (Å²) in [5.74, 6) is -1.35. The van der Waals surface area contributed by atoms with Crippen LogP contribution in [0.3, 0.4) is 0 Å². The van der Waals surface area contributed by atoms with E-state index in [1.165, 1.54) is 16.2 Å². The van der Waals surface area contributed by atoms with Crippen LogP contribution < -0.4 is 11.5 Å². The number of carbonyl (C=O) groups is 3. The number of aryl methyl sites for hydroxylation is 1. The average molecular weight is 283 g/mol. The molecule has 19 heavy (non-hydrogen) atoms. The maximum absolute atomic E-state index is 12.0. The monoisotopic (exact) mass is 283 g/mol. The first kappa shape index (κ1) is 15.3. The molecule has 0 radical (unpaired) electrons. The summed E-state index contributed by atoms with van der Waals surface area (Å²) in [5.41, 5.74) is 10.1. The molecule has 1 rings (SSSR count). The standard InChI is InChI=1S/C12H17N3O3S/c1-2-8-3-4-10(19-8)9(16)5-15(6-11(13)17)7-12(14)18/h3-4H,2,5-7H2,1H3,(H2,13,17)(H2,14,18). The van der Waals surface area contributed by atoms with Gasteiger partial charge in [0.1, 0.15) is 0 Å². The zero-order chi connectivity index (χ0) is 14.4. The molecule has 0 spiro atoms. The topological polar surface area (TPSA) is 106 Å². The second-order valence-corrected chi connectivity index (χ2v) is 5.29. The van der Waals surface area contributed by atoms with Gasteiger partial charge in [-0.1, -0.05) is 6.92 Å². The number of amides is 2. The summed E-state index contributed by atoms with van der Waals surface area (Å²) in [7, 11) is 0. The summed E-state index contributed by atoms with van der Waals surface area (Å²) in [4.78, 5) is 36.8. The van der Waals surface area contributed by atoms with Crippen molar-refractivity contribution in [3.8, 4) is 0 Å². The van der Waals surface area contributed by atoms with Gasteiger partial charge in [-0.05, 0) is 18.6 Å². The summed E-state index contributed by atoms with van der Waals surface area (Å²) >= 11 is 1.41. The molecule has 0 saturated heterocycles. The lowest BCUT2D eigenvalue weighted by Crippen LogP contribution is -2.42. The highest BCUT2D eigenvalue weighted by atomic mass is 32.1. The van der Waals surface area contributed by atoms with Gasteiger partial charge in [-0.3, -0.25) is 19.3 Å². The Hall–Kier alpha value is -1.73. The number of thiophene rings is 1. The first-order chi connectivity index (χ1) is 8.92. The minimum Gasteiger partial charge on any atom is -0.369 e. The van der Waals surface area contributed by atoms with Gasteiger partial charge in [0.25, 0.3) is 0 Å². The van der Waals surface area contributed by atoms with Gasteiger partial charge in [-0.15, -0.1) is 11.3 Å². The summed E-state index contributed by atoms with van der Waals surface area (Å²) in [6.07, 6.45) is 0.865. The summed E-state index contributed by atoms with van der Waals surface area (Å²) in [5, 5.41) is 0. The lowest BCUT2D eigenvalue weighted by Gasteiger charge is -2.17. The number of nitrogens with zero attached hydrogens (tertiary/aromatic N) is 1. The van der Waals surface area contributed by atoms with Gasteiger partial charge >= 0.3 is 0 Å². The van der Waals surface area contributed by atoms with Crippen LogP contribution in [0.15, 0.2) is 12.1 Å². The van der Waals surface area contributed by atoms with Gasteiger partial charge in [0.2, 0.25) is 11.8 Å². The van der Waals surface area contributed by atoms with Crippen LogP contribution in [0.5, 0.6) is 0 Å². The van der Waals surface area contributed by atoms with Gasteiger partial charge in [0, 0.05) is 4.88 Å². The zero-order valence-corrected chi connectivity index (χ0v) is 11.5. The SMILES string of the molecule is CCc1ccc(C(=O)CN(CC(N)=O)CC(N)=O)s1. The Morgan fingerprint density at radius 1 is 1.11 bits per heavy atom. The number of carbonyl (C=O) groups excluding carboxylic acids is 3. The molecule has 104 valence electrons. The van der Waals surface area contributed by atoms with Crippen LogP contribution in [0.25, 0.3) is 0 Å². The Kier molecular flexibility index (Phi) is 5.65. The number of hydrogen-bond donors (Lipinski definition) is 2. The molecule has 4 N–H and O–H groups in total. The number of ketones is 1. The number of hydrogen-bond acceptors (Lipinski definition) is 5. The van der Waals surface area contributed by atoms with E-state index in [0.717, 1.165) is 11.3 Å². The van der Waals surface area contributed by atoms with Gasteiger partial charge in [-0.25, -0.2) is 0 Å². The molecule has 0 aliphatic carbocycles. The summed E-state index contributed by atoms with van der Waals surface area (Å²) in [6.45, 7) is 1.63. The van der Waals surface area contributed by atoms with E-state index in [1.807, 2.05) is 13.0 Å². The lowest BCUT2D eigenvalue weighted by atomic mass is 10.2. The van der Waals surface area contributed by atoms with E-state index in [-0.39, 0.29) is 25.4 Å². The Morgan fingerprint density at radius 2 is 1.68 bits per heavy atom. The quantitative estimate of drug-likeness (QED) is 0.642. The normalized spacial score (nSPS) is 10.6. The highest BCUT2D eigenvalue weighted by Crippen LogP contribution is 2.17. The van der Waals surface area contributed by atoms with Crippen molar-refractivity contribution in [2.75, 3.05) is 19.6 Å². The molecule has 2 amide bonds. The molecule has 0 aliphatic heterocycles. The smallest absolute Gasteiger partial charge is 0.231 e. The van der Waals surface area contributed by atoms with Crippen LogP contribution >= 0.6 is 11.3 Å². The minimum atomic E-state index is -0.602. The van der Waals surface area contributed by atoms with E-state index in [9.17, 15) is 14.4 Å². The molecule has 0 fully saturated rings. The molecule has 6 nitrogen and oxygen atoms in total. The molecule has 0 unspecified atom stereocenters. The average Bonchev–Trinajstić information content (AvgIpc) is 2.75. The molecular weight excluding hydrogens is 266 g/mol. The van der Waals surface area contributed by atoms with Crippen LogP contribution in [-0.2, 0) is 16.0 Å². The second-order valence-electron chi connectivity index (χ2n) is 4.12. The van der Waals surface area contributed by atoms with Crippen LogP contribution in [0.4, 0.5) is 0 Å². The van der Waals surface area contributed by atoms with Crippen LogP contribution in [0, 0.1) is 0 Å². The molecule has 0 bridgehead atoms. The molecule has 1 heterocycles. The van der Waals surface area contributed by atoms with Gasteiger partial charge < -0.3 is 11.5 Å². The van der Waals surface area contributed by atoms with Gasteiger partial charge in [0.05, 0.1) is 24.5 Å². The molecule has 1 aromatic heterocycles. The van der Waals surface area contributed by atoms with Crippen molar-refractivity contribution in [3.05, 3.63) is 21.9 Å². The molecule has 1 aromatic rings. The fourth-order valence-corrected chi connectivity index (χ4v) is 2.48. The van der Waals surface area contributed by atoms with E-state index in [2.05, 4.69) is 0 Å². The Labute approximate surface area is 115 Å². The maximum Gasteiger partial charge on any atom is 0.231 e. The Balaban J connectivity index is 2.69. The molecule has 0 aromatic carbocycles. The number of nitrogens with two attached hydrogens (primary N) is 2. The lowest BCUT2D eigenvalue weighted by molar-refractivity contribution is -0.121. The fraction of sp³-hybridized carbons (Fsp3) is 0.417. The molecule has 7 heteroatoms. The van der Waals surface area contributed by atoms with Crippen LogP contribution in [0.2, 0.25) is 0 Å². The van der Waals surface area contributed by atoms with Crippen molar-refractivity contribution in [2.24, 2.45) is 11.5 Å². The van der Waals surface area contributed by atoms with Crippen molar-refractivity contribution in [3.63, 3.8) is 0 Å². The predicted molar refractivity (Wildman–Crippen MR) is 72.9 cm³/mol. The molecule has 0 atom stereocenters. The molecular formula is C12H17N3O3S. The summed E-state index contributed by atoms with van der Waals surface area (Å²) in [6, 6.07) is 3.64. The van der Waals surface area contributed by atoms with E-state index in [1.54, 1.807) is 6.07 Å². The van der Waals surface area contributed by atoms with Crippen molar-refractivity contribution in [2.45, 2.75) is 13.3 Å². The van der Waals surface area contributed by atoms with E-state index in [0.29, 0.717) is 4.88 Å². The third-order valence-corrected chi connectivity index (χ3v) is 3.68. The van der Waals surface area contributed by atoms with Gasteiger partial charge in [0.15, 0.2) is 5.78 Å². The number of primary amides is 2. The van der Waals surface area contributed by atoms with E-state index < -0.39 is 11.8 Å². The largest absolute Gasteiger partial charge is 0.369 e. The second kappa shape index (κ2) is 7.01. The highest BCUT2D eigenvalue weighted by molar-refractivity contribution is 7.14. The van der Waals surface area contributed by atoms with Crippen LogP contribution in [-0.4, -0.2) is 42.1 Å². The third-order valence-electron chi connectivity index (χ3n) is 2.41. The Bertz CT molecular complexity index is 468.